The minimum absolute atomic E-state index is 0.749. The predicted octanol–water partition coefficient (Wildman–Crippen LogP) is 1.56. The number of nitrogen functional groups attached to an aromatic ring is 1. The Morgan fingerprint density at radius 1 is 1.10 bits per heavy atom. The fourth-order valence-corrected chi connectivity index (χ4v) is 2.83. The number of piperazine rings is 1. The summed E-state index contributed by atoms with van der Waals surface area (Å²) >= 11 is 0. The quantitative estimate of drug-likeness (QED) is 0.612. The molecule has 3 N–H and O–H groups in total. The van der Waals surface area contributed by atoms with E-state index in [1.165, 1.54) is 13.0 Å². The SMILES string of the molecule is CCCc1nc(NN)c(C)c(N2CCN(CCC)CC2)n1. The summed E-state index contributed by atoms with van der Waals surface area (Å²) in [5.41, 5.74) is 3.76. The van der Waals surface area contributed by atoms with Gasteiger partial charge >= 0.3 is 0 Å². The van der Waals surface area contributed by atoms with Gasteiger partial charge in [-0.2, -0.15) is 0 Å². The van der Waals surface area contributed by atoms with Crippen molar-refractivity contribution in [2.45, 2.75) is 40.0 Å². The molecule has 0 radical (unpaired) electrons. The van der Waals surface area contributed by atoms with Crippen LogP contribution < -0.4 is 16.2 Å². The molecule has 1 aromatic rings. The lowest BCUT2D eigenvalue weighted by Gasteiger charge is -2.36. The van der Waals surface area contributed by atoms with Gasteiger partial charge in [0.15, 0.2) is 0 Å². The number of aryl methyl sites for hydroxylation is 1. The maximum Gasteiger partial charge on any atom is 0.148 e. The Balaban J connectivity index is 2.17. The molecule has 6 heteroatoms. The summed E-state index contributed by atoms with van der Waals surface area (Å²) in [5, 5.41) is 0. The van der Waals surface area contributed by atoms with Crippen molar-refractivity contribution >= 4 is 11.6 Å². The van der Waals surface area contributed by atoms with Gasteiger partial charge in [0.25, 0.3) is 0 Å². The summed E-state index contributed by atoms with van der Waals surface area (Å²) in [6, 6.07) is 0. The average molecular weight is 292 g/mol. The van der Waals surface area contributed by atoms with Gasteiger partial charge in [0.2, 0.25) is 0 Å². The molecule has 0 unspecified atom stereocenters. The van der Waals surface area contributed by atoms with Gasteiger partial charge in [-0.1, -0.05) is 13.8 Å². The first-order valence-corrected chi connectivity index (χ1v) is 8.01. The molecule has 21 heavy (non-hydrogen) atoms. The Morgan fingerprint density at radius 3 is 2.38 bits per heavy atom. The monoisotopic (exact) mass is 292 g/mol. The van der Waals surface area contributed by atoms with Crippen LogP contribution >= 0.6 is 0 Å². The predicted molar refractivity (Wildman–Crippen MR) is 87.5 cm³/mol. The van der Waals surface area contributed by atoms with Gasteiger partial charge in [0.1, 0.15) is 17.5 Å². The van der Waals surface area contributed by atoms with Crippen LogP contribution in [0.25, 0.3) is 0 Å². The molecule has 0 atom stereocenters. The van der Waals surface area contributed by atoms with Crippen LogP contribution in [0, 0.1) is 6.92 Å². The smallest absolute Gasteiger partial charge is 0.148 e. The van der Waals surface area contributed by atoms with Gasteiger partial charge < -0.3 is 10.3 Å². The molecule has 1 aromatic heterocycles. The van der Waals surface area contributed by atoms with E-state index in [1.807, 2.05) is 6.92 Å². The third-order valence-electron chi connectivity index (χ3n) is 3.99. The van der Waals surface area contributed by atoms with Crippen LogP contribution in [-0.2, 0) is 6.42 Å². The number of nitrogens with two attached hydrogens (primary N) is 1. The lowest BCUT2D eigenvalue weighted by Crippen LogP contribution is -2.47. The first kappa shape index (κ1) is 16.0. The fourth-order valence-electron chi connectivity index (χ4n) is 2.83. The van der Waals surface area contributed by atoms with E-state index < -0.39 is 0 Å². The summed E-state index contributed by atoms with van der Waals surface area (Å²) in [6.45, 7) is 11.9. The zero-order valence-electron chi connectivity index (χ0n) is 13.5. The standard InChI is InChI=1S/C15H28N6/c1-4-6-13-17-14(19-16)12(3)15(18-13)21-10-8-20(7-5-2)9-11-21/h4-11,16H2,1-3H3,(H,17,18,19). The summed E-state index contributed by atoms with van der Waals surface area (Å²) in [5.74, 6) is 8.27. The topological polar surface area (TPSA) is 70.3 Å². The molecule has 2 heterocycles. The zero-order chi connectivity index (χ0) is 15.2. The third kappa shape index (κ3) is 3.83. The number of hydrogen-bond acceptors (Lipinski definition) is 6. The van der Waals surface area contributed by atoms with Crippen molar-refractivity contribution in [3.05, 3.63) is 11.4 Å². The fraction of sp³-hybridized carbons (Fsp3) is 0.733. The molecule has 0 bridgehead atoms. The van der Waals surface area contributed by atoms with Crippen LogP contribution in [0.5, 0.6) is 0 Å². The van der Waals surface area contributed by atoms with Gasteiger partial charge in [0, 0.05) is 38.2 Å². The highest BCUT2D eigenvalue weighted by Gasteiger charge is 2.21. The zero-order valence-corrected chi connectivity index (χ0v) is 13.5. The molecule has 1 fully saturated rings. The third-order valence-corrected chi connectivity index (χ3v) is 3.99. The summed E-state index contributed by atoms with van der Waals surface area (Å²) in [4.78, 5) is 14.1. The first-order valence-electron chi connectivity index (χ1n) is 8.01. The molecule has 118 valence electrons. The number of nitrogens with zero attached hydrogens (tertiary/aromatic N) is 4. The summed E-state index contributed by atoms with van der Waals surface area (Å²) in [7, 11) is 0. The minimum Gasteiger partial charge on any atom is -0.354 e. The molecule has 1 aliphatic heterocycles. The number of aromatic nitrogens is 2. The Labute approximate surface area is 127 Å². The molecule has 0 spiro atoms. The van der Waals surface area contributed by atoms with Crippen LogP contribution in [0.4, 0.5) is 11.6 Å². The van der Waals surface area contributed by atoms with E-state index in [9.17, 15) is 0 Å². The molecule has 1 aliphatic rings. The van der Waals surface area contributed by atoms with E-state index in [0.717, 1.165) is 62.0 Å². The lowest BCUT2D eigenvalue weighted by atomic mass is 10.2. The van der Waals surface area contributed by atoms with Crippen molar-refractivity contribution in [3.63, 3.8) is 0 Å². The molecular weight excluding hydrogens is 264 g/mol. The van der Waals surface area contributed by atoms with E-state index in [4.69, 9.17) is 10.8 Å². The number of nitrogens with one attached hydrogen (secondary N) is 1. The molecule has 2 rings (SSSR count). The average Bonchev–Trinajstić information content (AvgIpc) is 2.50. The van der Waals surface area contributed by atoms with Crippen molar-refractivity contribution in [1.29, 1.82) is 0 Å². The van der Waals surface area contributed by atoms with Crippen LogP contribution in [-0.4, -0.2) is 47.6 Å². The number of hydrazine groups is 1. The summed E-state index contributed by atoms with van der Waals surface area (Å²) < 4.78 is 0. The summed E-state index contributed by atoms with van der Waals surface area (Å²) in [6.07, 6.45) is 3.14. The maximum atomic E-state index is 5.61. The largest absolute Gasteiger partial charge is 0.354 e. The number of rotatable bonds is 6. The minimum atomic E-state index is 0.749. The van der Waals surface area contributed by atoms with E-state index >= 15 is 0 Å². The molecule has 0 aromatic carbocycles. The van der Waals surface area contributed by atoms with Crippen molar-refractivity contribution in [2.24, 2.45) is 5.84 Å². The number of hydrogen-bond donors (Lipinski definition) is 2. The molecule has 1 saturated heterocycles. The van der Waals surface area contributed by atoms with Crippen molar-refractivity contribution < 1.29 is 0 Å². The van der Waals surface area contributed by atoms with Crippen molar-refractivity contribution in [3.8, 4) is 0 Å². The Kier molecular flexibility index (Phi) is 5.76. The Bertz CT molecular complexity index is 454. The first-order chi connectivity index (χ1) is 10.2. The molecule has 6 nitrogen and oxygen atoms in total. The molecular formula is C15H28N6. The second-order valence-corrected chi connectivity index (χ2v) is 5.66. The lowest BCUT2D eigenvalue weighted by molar-refractivity contribution is 0.258. The van der Waals surface area contributed by atoms with Gasteiger partial charge in [0.05, 0.1) is 0 Å². The van der Waals surface area contributed by atoms with Crippen molar-refractivity contribution in [1.82, 2.24) is 14.9 Å². The van der Waals surface area contributed by atoms with Crippen LogP contribution in [0.3, 0.4) is 0 Å². The number of anilines is 2. The highest BCUT2D eigenvalue weighted by molar-refractivity contribution is 5.58. The van der Waals surface area contributed by atoms with Crippen LogP contribution in [0.1, 0.15) is 38.1 Å². The van der Waals surface area contributed by atoms with Gasteiger partial charge in [-0.3, -0.25) is 4.90 Å². The van der Waals surface area contributed by atoms with E-state index in [0.29, 0.717) is 0 Å². The van der Waals surface area contributed by atoms with Gasteiger partial charge in [-0.25, -0.2) is 15.8 Å². The Hall–Kier alpha value is -1.40. The molecule has 0 saturated carbocycles. The van der Waals surface area contributed by atoms with Gasteiger partial charge in [-0.15, -0.1) is 0 Å². The molecule has 0 aliphatic carbocycles. The normalized spacial score (nSPS) is 16.3. The van der Waals surface area contributed by atoms with Crippen LogP contribution in [0.15, 0.2) is 0 Å². The second kappa shape index (κ2) is 7.56. The van der Waals surface area contributed by atoms with Gasteiger partial charge in [-0.05, 0) is 26.3 Å². The Morgan fingerprint density at radius 2 is 1.81 bits per heavy atom. The molecule has 0 amide bonds. The van der Waals surface area contributed by atoms with E-state index in [-0.39, 0.29) is 0 Å². The van der Waals surface area contributed by atoms with Crippen LogP contribution in [0.2, 0.25) is 0 Å². The van der Waals surface area contributed by atoms with Crippen molar-refractivity contribution in [2.75, 3.05) is 43.0 Å². The van der Waals surface area contributed by atoms with E-state index in [1.54, 1.807) is 0 Å². The highest BCUT2D eigenvalue weighted by atomic mass is 15.3. The highest BCUT2D eigenvalue weighted by Crippen LogP contribution is 2.24. The second-order valence-electron chi connectivity index (χ2n) is 5.66. The maximum absolute atomic E-state index is 5.61. The van der Waals surface area contributed by atoms with E-state index in [2.05, 4.69) is 34.1 Å².